The number of carbonyl (C=O) groups excluding carboxylic acids is 1. The summed E-state index contributed by atoms with van der Waals surface area (Å²) >= 11 is 0. The van der Waals surface area contributed by atoms with Gasteiger partial charge in [-0.15, -0.1) is 0 Å². The molecule has 0 aliphatic heterocycles. The van der Waals surface area contributed by atoms with Gasteiger partial charge >= 0.3 is 0 Å². The number of nitrogens with two attached hydrogens (primary N) is 1. The van der Waals surface area contributed by atoms with E-state index in [1.165, 1.54) is 11.1 Å². The molecule has 0 aromatic heterocycles. The number of amides is 1. The number of benzene rings is 2. The summed E-state index contributed by atoms with van der Waals surface area (Å²) in [6.07, 6.45) is 0. The van der Waals surface area contributed by atoms with Crippen LogP contribution in [0.15, 0.2) is 48.5 Å². The Morgan fingerprint density at radius 1 is 1.20 bits per heavy atom. The molecule has 0 spiro atoms. The number of ether oxygens (including phenoxy) is 1. The molecular weight excluding hydrogens is 252 g/mol. The third-order valence-corrected chi connectivity index (χ3v) is 2.83. The zero-order valence-electron chi connectivity index (χ0n) is 11.4. The molecule has 2 aromatic carbocycles. The van der Waals surface area contributed by atoms with Crippen molar-refractivity contribution in [3.63, 3.8) is 0 Å². The Bertz CT molecular complexity index is 579. The van der Waals surface area contributed by atoms with E-state index >= 15 is 0 Å². The largest absolute Gasteiger partial charge is 0.484 e. The molecule has 20 heavy (non-hydrogen) atoms. The first-order valence-corrected chi connectivity index (χ1v) is 6.44. The molecule has 3 N–H and O–H groups in total. The summed E-state index contributed by atoms with van der Waals surface area (Å²) in [5, 5.41) is 3.31. The molecule has 0 aliphatic carbocycles. The highest BCUT2D eigenvalue weighted by Gasteiger charge is 1.99. The highest BCUT2D eigenvalue weighted by molar-refractivity contribution is 5.75. The fourth-order valence-corrected chi connectivity index (χ4v) is 1.76. The second kappa shape index (κ2) is 6.61. The van der Waals surface area contributed by atoms with E-state index in [4.69, 9.17) is 10.5 Å². The van der Waals surface area contributed by atoms with Crippen molar-refractivity contribution in [2.45, 2.75) is 13.5 Å². The molecule has 2 aromatic rings. The lowest BCUT2D eigenvalue weighted by molar-refractivity contribution is -0.119. The van der Waals surface area contributed by atoms with Gasteiger partial charge in [0.2, 0.25) is 0 Å². The van der Waals surface area contributed by atoms with Crippen molar-refractivity contribution in [3.05, 3.63) is 59.7 Å². The minimum Gasteiger partial charge on any atom is -0.484 e. The van der Waals surface area contributed by atoms with Crippen molar-refractivity contribution in [1.29, 1.82) is 0 Å². The van der Waals surface area contributed by atoms with Gasteiger partial charge in [0.15, 0.2) is 6.61 Å². The van der Waals surface area contributed by atoms with Crippen molar-refractivity contribution in [3.8, 4) is 5.75 Å². The predicted octanol–water partition coefficient (Wildman–Crippen LogP) is 2.47. The molecule has 104 valence electrons. The average Bonchev–Trinajstić information content (AvgIpc) is 2.45. The summed E-state index contributed by atoms with van der Waals surface area (Å²) in [6, 6.07) is 15.8. The molecule has 0 saturated heterocycles. The maximum absolute atomic E-state index is 10.7. The van der Waals surface area contributed by atoms with Crippen LogP contribution in [0.5, 0.6) is 5.75 Å². The van der Waals surface area contributed by atoms with Crippen molar-refractivity contribution < 1.29 is 9.53 Å². The van der Waals surface area contributed by atoms with Crippen molar-refractivity contribution in [1.82, 2.24) is 0 Å². The Morgan fingerprint density at radius 3 is 2.65 bits per heavy atom. The Labute approximate surface area is 118 Å². The topological polar surface area (TPSA) is 64.3 Å². The summed E-state index contributed by atoms with van der Waals surface area (Å²) in [4.78, 5) is 10.7. The fourth-order valence-electron chi connectivity index (χ4n) is 1.76. The third-order valence-electron chi connectivity index (χ3n) is 2.83. The number of aryl methyl sites for hydroxylation is 1. The monoisotopic (exact) mass is 270 g/mol. The van der Waals surface area contributed by atoms with Crippen LogP contribution in [0.3, 0.4) is 0 Å². The smallest absolute Gasteiger partial charge is 0.255 e. The predicted molar refractivity (Wildman–Crippen MR) is 79.6 cm³/mol. The molecule has 0 radical (unpaired) electrons. The first kappa shape index (κ1) is 13.9. The van der Waals surface area contributed by atoms with Gasteiger partial charge in [-0.25, -0.2) is 0 Å². The molecule has 0 fully saturated rings. The highest BCUT2D eigenvalue weighted by atomic mass is 16.5. The molecule has 0 unspecified atom stereocenters. The SMILES string of the molecule is Cc1ccc(CNc2cccc(OCC(N)=O)c2)cc1. The van der Waals surface area contributed by atoms with Crippen molar-refractivity contribution >= 4 is 11.6 Å². The summed E-state index contributed by atoms with van der Waals surface area (Å²) in [5.41, 5.74) is 8.44. The summed E-state index contributed by atoms with van der Waals surface area (Å²) in [7, 11) is 0. The lowest BCUT2D eigenvalue weighted by Crippen LogP contribution is -2.20. The first-order valence-electron chi connectivity index (χ1n) is 6.44. The first-order chi connectivity index (χ1) is 9.63. The summed E-state index contributed by atoms with van der Waals surface area (Å²) in [6.45, 7) is 2.69. The van der Waals surface area contributed by atoms with Crippen LogP contribution in [0.1, 0.15) is 11.1 Å². The molecular formula is C16H18N2O2. The number of primary amides is 1. The van der Waals surface area contributed by atoms with E-state index < -0.39 is 5.91 Å². The molecule has 2 rings (SSSR count). The maximum atomic E-state index is 10.7. The molecule has 4 heteroatoms. The molecule has 0 aliphatic rings. The van der Waals surface area contributed by atoms with Crippen LogP contribution in [-0.2, 0) is 11.3 Å². The standard InChI is InChI=1S/C16H18N2O2/c1-12-5-7-13(8-6-12)10-18-14-3-2-4-15(9-14)20-11-16(17)19/h2-9,18H,10-11H2,1H3,(H2,17,19). The molecule has 4 nitrogen and oxygen atoms in total. The lowest BCUT2D eigenvalue weighted by Gasteiger charge is -2.09. The van der Waals surface area contributed by atoms with Crippen LogP contribution in [0, 0.1) is 6.92 Å². The van der Waals surface area contributed by atoms with E-state index in [0.29, 0.717) is 5.75 Å². The van der Waals surface area contributed by atoms with E-state index in [2.05, 4.69) is 36.5 Å². The summed E-state index contributed by atoms with van der Waals surface area (Å²) in [5.74, 6) is 0.140. The number of hydrogen-bond acceptors (Lipinski definition) is 3. The van der Waals surface area contributed by atoms with Gasteiger partial charge in [0.1, 0.15) is 5.75 Å². The van der Waals surface area contributed by atoms with E-state index in [9.17, 15) is 4.79 Å². The molecule has 0 bridgehead atoms. The van der Waals surface area contributed by atoms with Gasteiger partial charge in [-0.05, 0) is 24.6 Å². The van der Waals surface area contributed by atoms with E-state index in [0.717, 1.165) is 12.2 Å². The van der Waals surface area contributed by atoms with Crippen molar-refractivity contribution in [2.24, 2.45) is 5.73 Å². The minimum absolute atomic E-state index is 0.110. The van der Waals surface area contributed by atoms with Gasteiger partial charge in [-0.1, -0.05) is 35.9 Å². The average molecular weight is 270 g/mol. The second-order valence-corrected chi connectivity index (χ2v) is 4.62. The van der Waals surface area contributed by atoms with Crippen molar-refractivity contribution in [2.75, 3.05) is 11.9 Å². The number of rotatable bonds is 6. The molecule has 0 saturated carbocycles. The minimum atomic E-state index is -0.483. The van der Waals surface area contributed by atoms with Crippen LogP contribution in [0.4, 0.5) is 5.69 Å². The lowest BCUT2D eigenvalue weighted by atomic mass is 10.1. The Balaban J connectivity index is 1.94. The van der Waals surface area contributed by atoms with Gasteiger partial charge in [-0.3, -0.25) is 4.79 Å². The van der Waals surface area contributed by atoms with Gasteiger partial charge in [0.05, 0.1) is 0 Å². The van der Waals surface area contributed by atoms with Gasteiger partial charge < -0.3 is 15.8 Å². The highest BCUT2D eigenvalue weighted by Crippen LogP contribution is 2.18. The Kier molecular flexibility index (Phi) is 4.60. The van der Waals surface area contributed by atoms with E-state index in [-0.39, 0.29) is 6.61 Å². The molecule has 0 atom stereocenters. The van der Waals surface area contributed by atoms with Gasteiger partial charge in [-0.2, -0.15) is 0 Å². The van der Waals surface area contributed by atoms with E-state index in [1.807, 2.05) is 18.2 Å². The second-order valence-electron chi connectivity index (χ2n) is 4.62. The van der Waals surface area contributed by atoms with Crippen LogP contribution in [0.25, 0.3) is 0 Å². The zero-order chi connectivity index (χ0) is 14.4. The number of anilines is 1. The van der Waals surface area contributed by atoms with Gasteiger partial charge in [0, 0.05) is 18.3 Å². The molecule has 1 amide bonds. The van der Waals surface area contributed by atoms with E-state index in [1.54, 1.807) is 6.07 Å². The Hall–Kier alpha value is -2.49. The quantitative estimate of drug-likeness (QED) is 0.847. The normalized spacial score (nSPS) is 10.1. The van der Waals surface area contributed by atoms with Crippen LogP contribution >= 0.6 is 0 Å². The van der Waals surface area contributed by atoms with Crippen LogP contribution < -0.4 is 15.8 Å². The maximum Gasteiger partial charge on any atom is 0.255 e. The van der Waals surface area contributed by atoms with Crippen LogP contribution in [0.2, 0.25) is 0 Å². The summed E-state index contributed by atoms with van der Waals surface area (Å²) < 4.78 is 5.26. The third kappa shape index (κ3) is 4.31. The van der Waals surface area contributed by atoms with Crippen LogP contribution in [-0.4, -0.2) is 12.5 Å². The number of nitrogens with one attached hydrogen (secondary N) is 1. The number of carbonyl (C=O) groups is 1. The molecule has 0 heterocycles. The number of hydrogen-bond donors (Lipinski definition) is 2. The Morgan fingerprint density at radius 2 is 1.95 bits per heavy atom. The fraction of sp³-hybridized carbons (Fsp3) is 0.188. The zero-order valence-corrected chi connectivity index (χ0v) is 11.4. The van der Waals surface area contributed by atoms with Gasteiger partial charge in [0.25, 0.3) is 5.91 Å².